The second-order valence-electron chi connectivity index (χ2n) is 5.76. The van der Waals surface area contributed by atoms with Crippen LogP contribution in [0.4, 0.5) is 0 Å². The van der Waals surface area contributed by atoms with Crippen LogP contribution in [-0.4, -0.2) is 47.0 Å². The topological polar surface area (TPSA) is 229 Å². The maximum Gasteiger partial charge on any atom is 4.00 e. The van der Waals surface area contributed by atoms with E-state index in [9.17, 15) is 58.8 Å². The van der Waals surface area contributed by atoms with Gasteiger partial charge in [0.05, 0.1) is 0 Å². The Balaban J connectivity index is -0.000000105. The van der Waals surface area contributed by atoms with Crippen molar-refractivity contribution in [2.24, 2.45) is 0 Å². The number of rotatable bonds is 12. The Morgan fingerprint density at radius 3 is 0.545 bits per heavy atom. The Morgan fingerprint density at radius 1 is 0.394 bits per heavy atom. The molecule has 33 heavy (non-hydrogen) atoms. The maximum absolute atomic E-state index is 10.2. The summed E-state index contributed by atoms with van der Waals surface area (Å²) in [5.74, 6) is -6.33. The molecule has 0 radical (unpaired) electrons. The van der Waals surface area contributed by atoms with Crippen LogP contribution in [0.15, 0.2) is 0 Å². The Morgan fingerprint density at radius 2 is 0.515 bits per heavy atom. The van der Waals surface area contributed by atoms with Crippen LogP contribution in [0.1, 0.15) is 79.1 Å². The van der Waals surface area contributed by atoms with E-state index in [0.717, 1.165) is 0 Å². The van der Waals surface area contributed by atoms with Gasteiger partial charge in [0, 0.05) is 75.2 Å². The van der Waals surface area contributed by atoms with E-state index < -0.39 is 49.6 Å². The van der Waals surface area contributed by atoms with E-state index in [0.29, 0.717) is 0 Å². The number of hydrogen-bond acceptors (Lipinski definition) is 12. The first kappa shape index (κ1) is 40.6. The second-order valence-corrected chi connectivity index (χ2v) is 5.76. The molecule has 12 nitrogen and oxygen atoms in total. The van der Waals surface area contributed by atoms with Gasteiger partial charge in [-0.05, 0) is 0 Å². The second kappa shape index (κ2) is 27.3. The van der Waals surface area contributed by atoms with E-state index >= 15 is 0 Å². The Labute approximate surface area is 206 Å². The van der Waals surface area contributed by atoms with Crippen LogP contribution in [0.2, 0.25) is 0 Å². The van der Waals surface area contributed by atoms with Crippen LogP contribution in [0.25, 0.3) is 0 Å². The third kappa shape index (κ3) is 48.1. The number of carboxylic acids is 4. The van der Waals surface area contributed by atoms with Crippen molar-refractivity contribution >= 4 is 47.0 Å². The van der Waals surface area contributed by atoms with Gasteiger partial charge in [-0.1, -0.05) is 27.7 Å². The molecule has 184 valence electrons. The Kier molecular flexibility index (Phi) is 33.6. The summed E-state index contributed by atoms with van der Waals surface area (Å²) in [6.07, 6.45) is -0.704. The summed E-state index contributed by atoms with van der Waals surface area (Å²) in [5.41, 5.74) is 0. The average molecular weight is 508 g/mol. The summed E-state index contributed by atoms with van der Waals surface area (Å²) in [5, 5.41) is 38.5. The molecule has 0 fully saturated rings. The minimum absolute atomic E-state index is 0. The first-order valence-electron chi connectivity index (χ1n) is 9.52. The molecule has 0 aliphatic carbocycles. The van der Waals surface area contributed by atoms with Crippen LogP contribution in [0.5, 0.6) is 0 Å². The molecule has 0 rings (SSSR count). The fourth-order valence-electron chi connectivity index (χ4n) is 1.14. The Bertz CT molecular complexity index is 543. The number of hydrogen-bond donors (Lipinski definition) is 0. The summed E-state index contributed by atoms with van der Waals surface area (Å²) in [7, 11) is 0. The molecule has 0 spiro atoms. The zero-order valence-corrected chi connectivity index (χ0v) is 20.6. The standard InChI is InChI=1S/4C5H8O3.Ti/c4*1-2-4(6)3-5(7)8;/h4*2-3H2,1H3,(H,7,8);/q;;;;+4/p-4. The molecule has 0 aliphatic rings. The number of ketones is 4. The zero-order chi connectivity index (χ0) is 26.3. The molecule has 0 N–H and O–H groups in total. The summed E-state index contributed by atoms with van der Waals surface area (Å²) in [6, 6.07) is 0. The number of carboxylic acid groups (broad SMARTS) is 4. The molecule has 0 atom stereocenters. The van der Waals surface area contributed by atoms with Crippen molar-refractivity contribution in [2.75, 3.05) is 0 Å². The summed E-state index contributed by atoms with van der Waals surface area (Å²) >= 11 is 0. The van der Waals surface area contributed by atoms with Gasteiger partial charge in [-0.25, -0.2) is 0 Å². The van der Waals surface area contributed by atoms with E-state index in [1.165, 1.54) is 0 Å². The minimum atomic E-state index is -1.29. The first-order chi connectivity index (χ1) is 14.7. The van der Waals surface area contributed by atoms with Gasteiger partial charge < -0.3 is 39.6 Å². The molecule has 0 aromatic heterocycles. The number of carbonyl (C=O) groups is 8. The van der Waals surface area contributed by atoms with Crippen molar-refractivity contribution in [3.05, 3.63) is 0 Å². The van der Waals surface area contributed by atoms with Gasteiger partial charge in [0.1, 0.15) is 23.1 Å². The van der Waals surface area contributed by atoms with Gasteiger partial charge in [0.15, 0.2) is 0 Å². The largest absolute Gasteiger partial charge is 4.00 e. The van der Waals surface area contributed by atoms with E-state index in [-0.39, 0.29) is 70.5 Å². The van der Waals surface area contributed by atoms with Crippen molar-refractivity contribution in [3.8, 4) is 0 Å². The van der Waals surface area contributed by atoms with Crippen molar-refractivity contribution in [1.82, 2.24) is 0 Å². The maximum atomic E-state index is 10.2. The van der Waals surface area contributed by atoms with Crippen molar-refractivity contribution < 1.29 is 80.5 Å². The molecule has 0 aromatic rings. The van der Waals surface area contributed by atoms with Crippen molar-refractivity contribution in [2.45, 2.75) is 79.1 Å². The normalized spacial score (nSPS) is 8.36. The third-order valence-corrected chi connectivity index (χ3v) is 2.94. The van der Waals surface area contributed by atoms with Gasteiger partial charge in [0.2, 0.25) is 0 Å². The van der Waals surface area contributed by atoms with Gasteiger partial charge in [0.25, 0.3) is 0 Å². The predicted octanol–water partition coefficient (Wildman–Crippen LogP) is -3.58. The number of carbonyl (C=O) groups excluding carboxylic acids is 8. The predicted molar refractivity (Wildman–Crippen MR) is 99.7 cm³/mol. The van der Waals surface area contributed by atoms with Crippen LogP contribution >= 0.6 is 0 Å². The van der Waals surface area contributed by atoms with Gasteiger partial charge in [-0.2, -0.15) is 0 Å². The average Bonchev–Trinajstić information content (AvgIpc) is 2.67. The van der Waals surface area contributed by atoms with Gasteiger partial charge in [-0.15, -0.1) is 0 Å². The minimum Gasteiger partial charge on any atom is -0.550 e. The molecule has 0 bridgehead atoms. The van der Waals surface area contributed by atoms with E-state index in [1.54, 1.807) is 27.7 Å². The fourth-order valence-corrected chi connectivity index (χ4v) is 1.14. The first-order valence-corrected chi connectivity index (χ1v) is 9.52. The summed E-state index contributed by atoms with van der Waals surface area (Å²) < 4.78 is 0. The number of Topliss-reactive ketones (excluding diaryl/α,β-unsaturated/α-hetero) is 4. The van der Waals surface area contributed by atoms with E-state index in [2.05, 4.69) is 0 Å². The van der Waals surface area contributed by atoms with E-state index in [4.69, 9.17) is 0 Å². The summed E-state index contributed by atoms with van der Waals surface area (Å²) in [4.78, 5) is 79.4. The summed E-state index contributed by atoms with van der Waals surface area (Å²) in [6.45, 7) is 6.47. The van der Waals surface area contributed by atoms with Crippen molar-refractivity contribution in [3.63, 3.8) is 0 Å². The fraction of sp³-hybridized carbons (Fsp3) is 0.600. The third-order valence-electron chi connectivity index (χ3n) is 2.94. The van der Waals surface area contributed by atoms with Crippen LogP contribution in [0.3, 0.4) is 0 Å². The van der Waals surface area contributed by atoms with E-state index in [1.807, 2.05) is 0 Å². The van der Waals surface area contributed by atoms with Crippen LogP contribution in [0, 0.1) is 0 Å². The molecule has 13 heteroatoms. The monoisotopic (exact) mass is 508 g/mol. The molecule has 0 saturated heterocycles. The smallest absolute Gasteiger partial charge is 0.550 e. The van der Waals surface area contributed by atoms with Crippen molar-refractivity contribution in [1.29, 1.82) is 0 Å². The molecule has 0 aliphatic heterocycles. The van der Waals surface area contributed by atoms with Gasteiger partial charge in [-0.3, -0.25) is 19.2 Å². The molecular formula is C20H28O12Ti. The Hall–Kier alpha value is -2.73. The molecular weight excluding hydrogens is 480 g/mol. The van der Waals surface area contributed by atoms with Crippen LogP contribution < -0.4 is 20.4 Å². The van der Waals surface area contributed by atoms with Crippen LogP contribution in [-0.2, 0) is 60.1 Å². The quantitative estimate of drug-likeness (QED) is 0.184. The zero-order valence-electron chi connectivity index (χ0n) is 19.1. The SMILES string of the molecule is CCC(=O)CC(=O)[O-].CCC(=O)CC(=O)[O-].CCC(=O)CC(=O)[O-].CCC(=O)CC(=O)[O-].[Ti+4]. The molecule has 0 unspecified atom stereocenters. The molecule has 0 amide bonds. The van der Waals surface area contributed by atoms with Gasteiger partial charge >= 0.3 is 21.7 Å². The molecule has 0 heterocycles. The molecule has 0 saturated carbocycles. The number of aliphatic carboxylic acids is 4. The molecule has 0 aromatic carbocycles.